The highest BCUT2D eigenvalue weighted by Gasteiger charge is 2.20. The second kappa shape index (κ2) is 6.99. The number of aryl methyl sites for hydroxylation is 1. The standard InChI is InChI=1S/C20H16N4O4/c1-11-17-14(10-15(16-7-4-8-27-16)23-20(17)28-24-11)19(26)22-13-6-3-5-12(9-13)18(25)21-2/h3-10H,1-2H3,(H,21,25)(H,22,26). The summed E-state index contributed by atoms with van der Waals surface area (Å²) in [4.78, 5) is 29.2. The Morgan fingerprint density at radius 2 is 1.93 bits per heavy atom. The molecular formula is C20H16N4O4. The number of hydrogen-bond acceptors (Lipinski definition) is 6. The number of carbonyl (C=O) groups is 2. The second-order valence-corrected chi connectivity index (χ2v) is 6.09. The van der Waals surface area contributed by atoms with E-state index in [1.54, 1.807) is 56.4 Å². The van der Waals surface area contributed by atoms with Gasteiger partial charge in [-0.25, -0.2) is 4.98 Å². The van der Waals surface area contributed by atoms with Gasteiger partial charge < -0.3 is 19.6 Å². The van der Waals surface area contributed by atoms with Crippen molar-refractivity contribution in [1.29, 1.82) is 0 Å². The smallest absolute Gasteiger partial charge is 0.259 e. The summed E-state index contributed by atoms with van der Waals surface area (Å²) in [5, 5.41) is 9.81. The third kappa shape index (κ3) is 3.11. The number of rotatable bonds is 4. The van der Waals surface area contributed by atoms with Gasteiger partial charge in [-0.3, -0.25) is 9.59 Å². The summed E-state index contributed by atoms with van der Waals surface area (Å²) in [6.45, 7) is 1.74. The van der Waals surface area contributed by atoms with Crippen LogP contribution in [0, 0.1) is 6.92 Å². The maximum absolute atomic E-state index is 13.0. The summed E-state index contributed by atoms with van der Waals surface area (Å²) in [6.07, 6.45) is 1.52. The molecule has 3 aromatic heterocycles. The average molecular weight is 376 g/mol. The minimum absolute atomic E-state index is 0.239. The fraction of sp³-hybridized carbons (Fsp3) is 0.100. The Morgan fingerprint density at radius 3 is 2.68 bits per heavy atom. The first-order valence-corrected chi connectivity index (χ1v) is 8.51. The van der Waals surface area contributed by atoms with Gasteiger partial charge in [0, 0.05) is 18.3 Å². The maximum atomic E-state index is 13.0. The van der Waals surface area contributed by atoms with Crippen LogP contribution in [0.25, 0.3) is 22.6 Å². The Balaban J connectivity index is 1.75. The van der Waals surface area contributed by atoms with Crippen molar-refractivity contribution in [2.45, 2.75) is 6.92 Å². The number of furan rings is 1. The van der Waals surface area contributed by atoms with E-state index in [2.05, 4.69) is 20.8 Å². The number of pyridine rings is 1. The predicted molar refractivity (Wildman–Crippen MR) is 102 cm³/mol. The zero-order valence-electron chi connectivity index (χ0n) is 15.1. The number of aromatic nitrogens is 2. The number of nitrogens with zero attached hydrogens (tertiary/aromatic N) is 2. The number of anilines is 1. The molecule has 0 fully saturated rings. The highest BCUT2D eigenvalue weighted by atomic mass is 16.5. The molecule has 2 amide bonds. The zero-order valence-corrected chi connectivity index (χ0v) is 15.1. The molecule has 4 rings (SSSR count). The van der Waals surface area contributed by atoms with Crippen LogP contribution in [0.5, 0.6) is 0 Å². The molecule has 1 aromatic carbocycles. The Bertz CT molecular complexity index is 1180. The molecule has 0 unspecified atom stereocenters. The van der Waals surface area contributed by atoms with E-state index in [1.165, 1.54) is 6.26 Å². The number of nitrogens with one attached hydrogen (secondary N) is 2. The van der Waals surface area contributed by atoms with Gasteiger partial charge in [-0.1, -0.05) is 11.2 Å². The van der Waals surface area contributed by atoms with Crippen LogP contribution in [0.1, 0.15) is 26.4 Å². The average Bonchev–Trinajstić information content (AvgIpc) is 3.37. The van der Waals surface area contributed by atoms with Crippen molar-refractivity contribution >= 4 is 28.6 Å². The predicted octanol–water partition coefficient (Wildman–Crippen LogP) is 3.40. The van der Waals surface area contributed by atoms with E-state index in [0.717, 1.165) is 0 Å². The van der Waals surface area contributed by atoms with Crippen molar-refractivity contribution in [3.63, 3.8) is 0 Å². The number of fused-ring (bicyclic) bond motifs is 1. The molecule has 0 aliphatic heterocycles. The number of benzene rings is 1. The van der Waals surface area contributed by atoms with Crippen molar-refractivity contribution in [2.75, 3.05) is 12.4 Å². The summed E-state index contributed by atoms with van der Waals surface area (Å²) in [5.74, 6) is -0.107. The number of amides is 2. The van der Waals surface area contributed by atoms with Crippen LogP contribution >= 0.6 is 0 Å². The van der Waals surface area contributed by atoms with Crippen LogP contribution in [0.3, 0.4) is 0 Å². The summed E-state index contributed by atoms with van der Waals surface area (Å²) in [5.41, 5.74) is 2.54. The Morgan fingerprint density at radius 1 is 1.07 bits per heavy atom. The van der Waals surface area contributed by atoms with Crippen LogP contribution in [0.15, 0.2) is 57.7 Å². The minimum atomic E-state index is -0.374. The lowest BCUT2D eigenvalue weighted by molar-refractivity contribution is 0.0961. The van der Waals surface area contributed by atoms with E-state index in [4.69, 9.17) is 8.94 Å². The molecule has 0 saturated heterocycles. The summed E-state index contributed by atoms with van der Waals surface area (Å²) < 4.78 is 10.6. The molecule has 8 heteroatoms. The summed E-state index contributed by atoms with van der Waals surface area (Å²) >= 11 is 0. The van der Waals surface area contributed by atoms with Gasteiger partial charge in [0.25, 0.3) is 17.5 Å². The summed E-state index contributed by atoms with van der Waals surface area (Å²) in [7, 11) is 1.55. The van der Waals surface area contributed by atoms with E-state index >= 15 is 0 Å². The molecule has 4 aromatic rings. The van der Waals surface area contributed by atoms with Crippen LogP contribution < -0.4 is 10.6 Å². The van der Waals surface area contributed by atoms with Crippen LogP contribution in [-0.2, 0) is 0 Å². The van der Waals surface area contributed by atoms with Gasteiger partial charge in [0.1, 0.15) is 5.69 Å². The van der Waals surface area contributed by atoms with Crippen molar-refractivity contribution < 1.29 is 18.5 Å². The molecule has 28 heavy (non-hydrogen) atoms. The molecule has 0 aliphatic carbocycles. The first kappa shape index (κ1) is 17.5. The molecule has 0 saturated carbocycles. The van der Waals surface area contributed by atoms with Crippen molar-refractivity contribution in [1.82, 2.24) is 15.5 Å². The van der Waals surface area contributed by atoms with Crippen LogP contribution in [-0.4, -0.2) is 29.0 Å². The lowest BCUT2D eigenvalue weighted by atomic mass is 10.1. The van der Waals surface area contributed by atoms with Gasteiger partial charge in [-0.2, -0.15) is 0 Å². The first-order valence-electron chi connectivity index (χ1n) is 8.51. The first-order chi connectivity index (χ1) is 13.6. The van der Waals surface area contributed by atoms with E-state index in [1.807, 2.05) is 0 Å². The van der Waals surface area contributed by atoms with Crippen LogP contribution in [0.2, 0.25) is 0 Å². The normalized spacial score (nSPS) is 10.8. The quantitative estimate of drug-likeness (QED) is 0.565. The number of hydrogen-bond donors (Lipinski definition) is 2. The maximum Gasteiger partial charge on any atom is 0.259 e. The monoisotopic (exact) mass is 376 g/mol. The lowest BCUT2D eigenvalue weighted by Crippen LogP contribution is -2.18. The molecule has 0 bridgehead atoms. The second-order valence-electron chi connectivity index (χ2n) is 6.09. The molecule has 8 nitrogen and oxygen atoms in total. The minimum Gasteiger partial charge on any atom is -0.463 e. The third-order valence-electron chi connectivity index (χ3n) is 4.25. The molecule has 140 valence electrons. The van der Waals surface area contributed by atoms with Crippen LogP contribution in [0.4, 0.5) is 5.69 Å². The zero-order chi connectivity index (χ0) is 19.7. The van der Waals surface area contributed by atoms with E-state index < -0.39 is 0 Å². The molecule has 0 atom stereocenters. The molecule has 0 radical (unpaired) electrons. The fourth-order valence-electron chi connectivity index (χ4n) is 2.91. The Kier molecular flexibility index (Phi) is 4.36. The largest absolute Gasteiger partial charge is 0.463 e. The topological polar surface area (TPSA) is 110 Å². The van der Waals surface area contributed by atoms with E-state index in [-0.39, 0.29) is 17.5 Å². The van der Waals surface area contributed by atoms with E-state index in [0.29, 0.717) is 39.3 Å². The number of carbonyl (C=O) groups excluding carboxylic acids is 2. The van der Waals surface area contributed by atoms with Gasteiger partial charge in [-0.05, 0) is 43.3 Å². The van der Waals surface area contributed by atoms with Gasteiger partial charge in [0.15, 0.2) is 5.76 Å². The summed E-state index contributed by atoms with van der Waals surface area (Å²) in [6, 6.07) is 11.8. The SMILES string of the molecule is CNC(=O)c1cccc(NC(=O)c2cc(-c3ccco3)nc3onc(C)c23)c1. The molecular weight excluding hydrogens is 360 g/mol. The highest BCUT2D eigenvalue weighted by molar-refractivity contribution is 6.13. The van der Waals surface area contributed by atoms with Gasteiger partial charge >= 0.3 is 0 Å². The van der Waals surface area contributed by atoms with Gasteiger partial charge in [-0.15, -0.1) is 0 Å². The Hall–Kier alpha value is -3.94. The molecule has 0 aliphatic rings. The van der Waals surface area contributed by atoms with Crippen molar-refractivity contribution in [2.24, 2.45) is 0 Å². The van der Waals surface area contributed by atoms with Gasteiger partial charge in [0.05, 0.1) is 22.9 Å². The fourth-order valence-corrected chi connectivity index (χ4v) is 2.91. The lowest BCUT2D eigenvalue weighted by Gasteiger charge is -2.09. The molecule has 3 heterocycles. The van der Waals surface area contributed by atoms with Gasteiger partial charge in [0.2, 0.25) is 0 Å². The molecule has 2 N–H and O–H groups in total. The third-order valence-corrected chi connectivity index (χ3v) is 4.25. The van der Waals surface area contributed by atoms with Crippen molar-refractivity contribution in [3.8, 4) is 11.5 Å². The van der Waals surface area contributed by atoms with E-state index in [9.17, 15) is 9.59 Å². The highest BCUT2D eigenvalue weighted by Crippen LogP contribution is 2.28. The Labute approximate surface area is 159 Å². The van der Waals surface area contributed by atoms with Crippen molar-refractivity contribution in [3.05, 3.63) is 65.5 Å². The molecule has 0 spiro atoms.